The third kappa shape index (κ3) is 3.17. The molecule has 2 heterocycles. The lowest BCUT2D eigenvalue weighted by Crippen LogP contribution is -1.96. The summed E-state index contributed by atoms with van der Waals surface area (Å²) in [5.41, 5.74) is 4.65. The van der Waals surface area contributed by atoms with Gasteiger partial charge in [-0.1, -0.05) is 17.7 Å². The average molecular weight is 407 g/mol. The van der Waals surface area contributed by atoms with Gasteiger partial charge in [0.15, 0.2) is 5.82 Å². The Morgan fingerprint density at radius 1 is 0.964 bits per heavy atom. The van der Waals surface area contributed by atoms with Gasteiger partial charge < -0.3 is 4.74 Å². The van der Waals surface area contributed by atoms with Crippen molar-refractivity contribution in [2.75, 3.05) is 0 Å². The van der Waals surface area contributed by atoms with E-state index in [0.29, 0.717) is 16.7 Å². The van der Waals surface area contributed by atoms with Crippen LogP contribution >= 0.6 is 22.9 Å². The van der Waals surface area contributed by atoms with E-state index in [1.807, 2.05) is 24.3 Å². The summed E-state index contributed by atoms with van der Waals surface area (Å²) >= 11 is 7.82. The zero-order valence-corrected chi connectivity index (χ0v) is 17.3. The van der Waals surface area contributed by atoms with Gasteiger partial charge in [0, 0.05) is 15.5 Å². The van der Waals surface area contributed by atoms with Gasteiger partial charge in [0.1, 0.15) is 10.6 Å². The van der Waals surface area contributed by atoms with Gasteiger partial charge in [-0.05, 0) is 86.2 Å². The number of thiophene rings is 1. The van der Waals surface area contributed by atoms with E-state index in [2.05, 4.69) is 32.0 Å². The minimum atomic E-state index is 0.652. The summed E-state index contributed by atoms with van der Waals surface area (Å²) in [6, 6.07) is 13.9. The van der Waals surface area contributed by atoms with E-state index in [-0.39, 0.29) is 0 Å². The topological polar surface area (TPSA) is 35.0 Å². The molecule has 5 rings (SSSR count). The molecule has 2 aromatic heterocycles. The molecule has 0 spiro atoms. The fraction of sp³-hybridized carbons (Fsp3) is 0.217. The van der Waals surface area contributed by atoms with Gasteiger partial charge in [-0.3, -0.25) is 0 Å². The highest BCUT2D eigenvalue weighted by molar-refractivity contribution is 7.19. The van der Waals surface area contributed by atoms with Crippen LogP contribution in [0.2, 0.25) is 5.02 Å². The van der Waals surface area contributed by atoms with E-state index in [4.69, 9.17) is 26.3 Å². The Hall–Kier alpha value is -2.43. The fourth-order valence-corrected chi connectivity index (χ4v) is 5.25. The molecular formula is C23H19ClN2OS. The maximum absolute atomic E-state index is 6.35. The van der Waals surface area contributed by atoms with Crippen LogP contribution in [0, 0.1) is 13.8 Å². The molecule has 0 saturated heterocycles. The molecule has 0 amide bonds. The monoisotopic (exact) mass is 406 g/mol. The molecule has 0 saturated carbocycles. The summed E-state index contributed by atoms with van der Waals surface area (Å²) in [7, 11) is 0. The molecule has 5 heteroatoms. The number of aromatic nitrogens is 2. The molecule has 0 bridgehead atoms. The molecule has 28 heavy (non-hydrogen) atoms. The molecule has 0 unspecified atom stereocenters. The summed E-state index contributed by atoms with van der Waals surface area (Å²) in [6.45, 7) is 4.16. The van der Waals surface area contributed by atoms with Gasteiger partial charge >= 0.3 is 0 Å². The summed E-state index contributed by atoms with van der Waals surface area (Å²) in [4.78, 5) is 12.1. The van der Waals surface area contributed by atoms with Gasteiger partial charge in [0.25, 0.3) is 0 Å². The van der Waals surface area contributed by atoms with Crippen molar-refractivity contribution in [3.8, 4) is 23.0 Å². The van der Waals surface area contributed by atoms with E-state index < -0.39 is 0 Å². The minimum Gasteiger partial charge on any atom is -0.438 e. The van der Waals surface area contributed by atoms with Crippen molar-refractivity contribution in [2.24, 2.45) is 0 Å². The summed E-state index contributed by atoms with van der Waals surface area (Å²) < 4.78 is 6.35. The van der Waals surface area contributed by atoms with Crippen LogP contribution in [0.15, 0.2) is 42.5 Å². The Bertz CT molecular complexity index is 1180. The first kappa shape index (κ1) is 17.7. The number of fused-ring (bicyclic) bond motifs is 3. The number of hydrogen-bond acceptors (Lipinski definition) is 4. The Kier molecular flexibility index (Phi) is 4.33. The van der Waals surface area contributed by atoms with Crippen LogP contribution in [0.3, 0.4) is 0 Å². The highest BCUT2D eigenvalue weighted by Gasteiger charge is 2.24. The molecule has 0 radical (unpaired) electrons. The molecular weight excluding hydrogens is 388 g/mol. The van der Waals surface area contributed by atoms with E-state index in [1.54, 1.807) is 11.3 Å². The lowest BCUT2D eigenvalue weighted by atomic mass is 10.1. The van der Waals surface area contributed by atoms with Gasteiger partial charge in [-0.2, -0.15) is 4.98 Å². The zero-order valence-electron chi connectivity index (χ0n) is 15.8. The summed E-state index contributed by atoms with van der Waals surface area (Å²) in [5, 5.41) is 1.78. The maximum Gasteiger partial charge on any atom is 0.231 e. The number of nitrogens with zero attached hydrogens (tertiary/aromatic N) is 2. The Morgan fingerprint density at radius 3 is 2.46 bits per heavy atom. The minimum absolute atomic E-state index is 0.652. The molecule has 1 aliphatic rings. The van der Waals surface area contributed by atoms with Gasteiger partial charge in [0.05, 0.1) is 5.39 Å². The van der Waals surface area contributed by atoms with Crippen LogP contribution < -0.4 is 4.74 Å². The number of halogens is 1. The number of benzene rings is 2. The van der Waals surface area contributed by atoms with E-state index in [9.17, 15) is 0 Å². The van der Waals surface area contributed by atoms with Crippen molar-refractivity contribution >= 4 is 33.2 Å². The van der Waals surface area contributed by atoms with Gasteiger partial charge in [-0.15, -0.1) is 11.3 Å². The number of aryl methyl sites for hydroxylation is 4. The number of ether oxygens (including phenoxy) is 1. The average Bonchev–Trinajstić information content (AvgIpc) is 3.22. The fourth-order valence-electron chi connectivity index (χ4n) is 3.87. The van der Waals surface area contributed by atoms with E-state index in [0.717, 1.165) is 34.4 Å². The predicted octanol–water partition coefficient (Wildman–Crippen LogP) is 6.91. The van der Waals surface area contributed by atoms with Crippen molar-refractivity contribution in [2.45, 2.75) is 33.1 Å². The van der Waals surface area contributed by atoms with Crippen LogP contribution in [-0.2, 0) is 12.8 Å². The second-order valence-corrected chi connectivity index (χ2v) is 8.84. The van der Waals surface area contributed by atoms with Crippen molar-refractivity contribution in [3.05, 3.63) is 69.1 Å². The number of hydrogen-bond donors (Lipinski definition) is 0. The van der Waals surface area contributed by atoms with Crippen LogP contribution in [0.25, 0.3) is 21.6 Å². The van der Waals surface area contributed by atoms with Crippen LogP contribution in [0.4, 0.5) is 0 Å². The smallest absolute Gasteiger partial charge is 0.231 e. The second kappa shape index (κ2) is 6.87. The summed E-state index contributed by atoms with van der Waals surface area (Å²) in [5.74, 6) is 2.14. The van der Waals surface area contributed by atoms with Crippen LogP contribution in [-0.4, -0.2) is 9.97 Å². The molecule has 0 atom stereocenters. The lowest BCUT2D eigenvalue weighted by molar-refractivity contribution is 0.468. The maximum atomic E-state index is 6.35. The number of rotatable bonds is 3. The normalized spacial score (nSPS) is 13.1. The van der Waals surface area contributed by atoms with E-state index in [1.165, 1.54) is 28.0 Å². The van der Waals surface area contributed by atoms with Crippen molar-refractivity contribution in [1.82, 2.24) is 9.97 Å². The molecule has 2 aromatic carbocycles. The standard InChI is InChI=1S/C23H19ClN2OS/c1-13-10-14(2)12-17(11-13)27-22-20-18-4-3-5-19(18)28-23(20)26-21(25-22)15-6-8-16(24)9-7-15/h6-12H,3-5H2,1-2H3. The molecule has 0 aliphatic heterocycles. The highest BCUT2D eigenvalue weighted by Crippen LogP contribution is 2.42. The molecule has 4 aromatic rings. The first-order valence-electron chi connectivity index (χ1n) is 9.41. The summed E-state index contributed by atoms with van der Waals surface area (Å²) in [6.07, 6.45) is 3.39. The van der Waals surface area contributed by atoms with Crippen LogP contribution in [0.1, 0.15) is 28.0 Å². The first-order chi connectivity index (χ1) is 13.6. The van der Waals surface area contributed by atoms with Crippen molar-refractivity contribution < 1.29 is 4.74 Å². The Balaban J connectivity index is 1.69. The molecule has 0 fully saturated rings. The Labute approximate surface area is 173 Å². The molecule has 140 valence electrons. The van der Waals surface area contributed by atoms with Crippen molar-refractivity contribution in [3.63, 3.8) is 0 Å². The molecule has 1 aliphatic carbocycles. The molecule has 3 nitrogen and oxygen atoms in total. The molecule has 0 N–H and O–H groups in total. The predicted molar refractivity (Wildman–Crippen MR) is 116 cm³/mol. The second-order valence-electron chi connectivity index (χ2n) is 7.32. The Morgan fingerprint density at radius 2 is 1.71 bits per heavy atom. The van der Waals surface area contributed by atoms with Crippen LogP contribution in [0.5, 0.6) is 11.6 Å². The quantitative estimate of drug-likeness (QED) is 0.370. The first-order valence-corrected chi connectivity index (χ1v) is 10.6. The third-order valence-corrected chi connectivity index (χ3v) is 6.48. The van der Waals surface area contributed by atoms with E-state index >= 15 is 0 Å². The van der Waals surface area contributed by atoms with Gasteiger partial charge in [-0.25, -0.2) is 4.98 Å². The largest absolute Gasteiger partial charge is 0.438 e. The third-order valence-electron chi connectivity index (χ3n) is 5.04. The SMILES string of the molecule is Cc1cc(C)cc(Oc2nc(-c3ccc(Cl)cc3)nc3sc4c(c23)CCC4)c1. The van der Waals surface area contributed by atoms with Crippen molar-refractivity contribution in [1.29, 1.82) is 0 Å². The zero-order chi connectivity index (χ0) is 19.3. The highest BCUT2D eigenvalue weighted by atomic mass is 35.5. The van der Waals surface area contributed by atoms with Gasteiger partial charge in [0.2, 0.25) is 5.88 Å². The lowest BCUT2D eigenvalue weighted by Gasteiger charge is -2.11.